The van der Waals surface area contributed by atoms with Crippen LogP contribution in [0.2, 0.25) is 0 Å². The molecule has 0 aromatic rings. The fourth-order valence-corrected chi connectivity index (χ4v) is 1.13. The monoisotopic (exact) mass is 187 g/mol. The average Bonchev–Trinajstić information content (AvgIpc) is 2.17. The molecule has 0 unspecified atom stereocenters. The van der Waals surface area contributed by atoms with Crippen LogP contribution in [0.4, 0.5) is 0 Å². The standard InChI is InChI=1S/C11H25NO/c1-4-7-9-12(10-8-5-2)13-11-6-3/h4-11H2,1-3H3/q+1. The summed E-state index contributed by atoms with van der Waals surface area (Å²) in [5, 5.41) is 2.14. The molecule has 0 heterocycles. The van der Waals surface area contributed by atoms with Gasteiger partial charge in [0.05, 0.1) is 0 Å². The van der Waals surface area contributed by atoms with Gasteiger partial charge in [-0.15, -0.1) is 4.84 Å². The zero-order chi connectivity index (χ0) is 9.94. The molecular weight excluding hydrogens is 162 g/mol. The van der Waals surface area contributed by atoms with Crippen LogP contribution in [0.5, 0.6) is 0 Å². The fourth-order valence-electron chi connectivity index (χ4n) is 1.13. The highest BCUT2D eigenvalue weighted by Crippen LogP contribution is 1.97. The van der Waals surface area contributed by atoms with Crippen molar-refractivity contribution >= 4 is 0 Å². The summed E-state index contributed by atoms with van der Waals surface area (Å²) in [5.41, 5.74) is 0. The molecule has 0 aliphatic rings. The van der Waals surface area contributed by atoms with E-state index in [1.807, 2.05) is 0 Å². The molecule has 0 fully saturated rings. The molecule has 0 amide bonds. The third-order valence-corrected chi connectivity index (χ3v) is 2.00. The molecular formula is C11H25NO+. The topological polar surface area (TPSA) is 15.1 Å². The smallest absolute Gasteiger partial charge is 0.149 e. The third-order valence-electron chi connectivity index (χ3n) is 2.00. The lowest BCUT2D eigenvalue weighted by Crippen LogP contribution is -2.32. The molecule has 0 spiro atoms. The van der Waals surface area contributed by atoms with Crippen LogP contribution >= 0.6 is 0 Å². The summed E-state index contributed by atoms with van der Waals surface area (Å²) in [6.45, 7) is 9.65. The maximum Gasteiger partial charge on any atom is 0.160 e. The van der Waals surface area contributed by atoms with Crippen LogP contribution < -0.4 is 5.06 Å². The quantitative estimate of drug-likeness (QED) is 0.400. The molecule has 0 aromatic heterocycles. The van der Waals surface area contributed by atoms with Crippen molar-refractivity contribution in [3.63, 3.8) is 0 Å². The zero-order valence-electron chi connectivity index (χ0n) is 9.51. The Bertz CT molecular complexity index is 77.1. The lowest BCUT2D eigenvalue weighted by molar-refractivity contribution is -0.0725. The highest BCUT2D eigenvalue weighted by molar-refractivity contribution is 4.52. The average molecular weight is 187 g/mol. The fraction of sp³-hybridized carbons (Fsp3) is 1.00. The van der Waals surface area contributed by atoms with Gasteiger partial charge in [-0.05, 0) is 11.5 Å². The van der Waals surface area contributed by atoms with Gasteiger partial charge in [-0.3, -0.25) is 0 Å². The zero-order valence-corrected chi connectivity index (χ0v) is 9.51. The summed E-state index contributed by atoms with van der Waals surface area (Å²) in [6, 6.07) is 0. The third kappa shape index (κ3) is 8.26. The SMILES string of the molecule is CCCC[N+](CCCC)OCCC. The lowest BCUT2D eigenvalue weighted by Gasteiger charge is -2.08. The summed E-state index contributed by atoms with van der Waals surface area (Å²) in [6.07, 6.45) is 6.09. The van der Waals surface area contributed by atoms with E-state index in [4.69, 9.17) is 4.84 Å². The van der Waals surface area contributed by atoms with Crippen LogP contribution in [0.3, 0.4) is 0 Å². The van der Waals surface area contributed by atoms with Gasteiger partial charge < -0.3 is 0 Å². The molecule has 0 rings (SSSR count). The van der Waals surface area contributed by atoms with Crippen molar-refractivity contribution in [2.45, 2.75) is 52.9 Å². The van der Waals surface area contributed by atoms with Gasteiger partial charge in [-0.1, -0.05) is 33.6 Å². The van der Waals surface area contributed by atoms with E-state index in [2.05, 4.69) is 25.8 Å². The molecule has 1 radical (unpaired) electrons. The Labute approximate surface area is 83.2 Å². The molecule has 0 atom stereocenters. The predicted octanol–water partition coefficient (Wildman–Crippen LogP) is 3.07. The highest BCUT2D eigenvalue weighted by atomic mass is 16.7. The van der Waals surface area contributed by atoms with Crippen LogP contribution in [-0.4, -0.2) is 19.7 Å². The minimum Gasteiger partial charge on any atom is -0.149 e. The molecule has 79 valence electrons. The Morgan fingerprint density at radius 3 is 1.77 bits per heavy atom. The first kappa shape index (κ1) is 12.9. The van der Waals surface area contributed by atoms with E-state index in [1.54, 1.807) is 0 Å². The van der Waals surface area contributed by atoms with Gasteiger partial charge >= 0.3 is 0 Å². The van der Waals surface area contributed by atoms with Crippen molar-refractivity contribution in [3.8, 4) is 0 Å². The van der Waals surface area contributed by atoms with E-state index in [9.17, 15) is 0 Å². The summed E-state index contributed by atoms with van der Waals surface area (Å²) >= 11 is 0. The van der Waals surface area contributed by atoms with E-state index in [1.165, 1.54) is 25.7 Å². The van der Waals surface area contributed by atoms with Gasteiger partial charge in [0.1, 0.15) is 6.61 Å². The second kappa shape index (κ2) is 10.0. The van der Waals surface area contributed by atoms with Crippen molar-refractivity contribution in [3.05, 3.63) is 0 Å². The van der Waals surface area contributed by atoms with Crippen LogP contribution in [0.25, 0.3) is 0 Å². The number of hydrogen-bond acceptors (Lipinski definition) is 2. The minimum absolute atomic E-state index is 0.868. The van der Waals surface area contributed by atoms with Crippen molar-refractivity contribution < 1.29 is 4.84 Å². The number of hydroxylamine groups is 2. The largest absolute Gasteiger partial charge is 0.160 e. The van der Waals surface area contributed by atoms with E-state index in [0.717, 1.165) is 26.1 Å². The van der Waals surface area contributed by atoms with E-state index >= 15 is 0 Å². The number of nitrogens with zero attached hydrogens (tertiary/aromatic N) is 1. The number of unbranched alkanes of at least 4 members (excludes halogenated alkanes) is 2. The van der Waals surface area contributed by atoms with E-state index in [-0.39, 0.29) is 0 Å². The highest BCUT2D eigenvalue weighted by Gasteiger charge is 2.14. The van der Waals surface area contributed by atoms with Gasteiger partial charge in [0, 0.05) is 12.8 Å². The van der Waals surface area contributed by atoms with Crippen molar-refractivity contribution in [1.29, 1.82) is 0 Å². The Morgan fingerprint density at radius 1 is 0.846 bits per heavy atom. The lowest BCUT2D eigenvalue weighted by atomic mass is 10.3. The maximum atomic E-state index is 5.63. The Balaban J connectivity index is 3.47. The number of hydrogen-bond donors (Lipinski definition) is 0. The van der Waals surface area contributed by atoms with Crippen LogP contribution in [0.1, 0.15) is 52.9 Å². The first-order valence-corrected chi connectivity index (χ1v) is 5.73. The second-order valence-corrected chi connectivity index (χ2v) is 3.47. The van der Waals surface area contributed by atoms with Gasteiger partial charge in [-0.2, -0.15) is 0 Å². The molecule has 0 aromatic carbocycles. The molecule has 0 bridgehead atoms. The molecule has 2 heteroatoms. The molecule has 0 aliphatic carbocycles. The van der Waals surface area contributed by atoms with Crippen molar-refractivity contribution in [1.82, 2.24) is 5.06 Å². The van der Waals surface area contributed by atoms with E-state index < -0.39 is 0 Å². The van der Waals surface area contributed by atoms with Crippen molar-refractivity contribution in [2.75, 3.05) is 19.7 Å². The van der Waals surface area contributed by atoms with Gasteiger partial charge in [-0.25, -0.2) is 0 Å². The molecule has 0 saturated carbocycles. The van der Waals surface area contributed by atoms with Gasteiger partial charge in [0.2, 0.25) is 0 Å². The molecule has 0 aliphatic heterocycles. The Hall–Kier alpha value is -0.0800. The van der Waals surface area contributed by atoms with Crippen LogP contribution in [-0.2, 0) is 4.84 Å². The first-order valence-electron chi connectivity index (χ1n) is 5.73. The molecule has 13 heavy (non-hydrogen) atoms. The Kier molecular flexibility index (Phi) is 9.94. The van der Waals surface area contributed by atoms with Crippen LogP contribution in [0, 0.1) is 0 Å². The summed E-state index contributed by atoms with van der Waals surface area (Å²) < 4.78 is 0. The van der Waals surface area contributed by atoms with Crippen molar-refractivity contribution in [2.24, 2.45) is 0 Å². The molecule has 0 saturated heterocycles. The number of rotatable bonds is 9. The molecule has 2 nitrogen and oxygen atoms in total. The summed E-state index contributed by atoms with van der Waals surface area (Å²) in [7, 11) is 0. The first-order chi connectivity index (χ1) is 6.35. The summed E-state index contributed by atoms with van der Waals surface area (Å²) in [5.74, 6) is 0. The Morgan fingerprint density at radius 2 is 1.38 bits per heavy atom. The van der Waals surface area contributed by atoms with Gasteiger partial charge in [0.15, 0.2) is 13.1 Å². The minimum atomic E-state index is 0.868. The summed E-state index contributed by atoms with van der Waals surface area (Å²) in [4.78, 5) is 5.63. The second-order valence-electron chi connectivity index (χ2n) is 3.47. The maximum absolute atomic E-state index is 5.63. The van der Waals surface area contributed by atoms with Gasteiger partial charge in [0.25, 0.3) is 0 Å². The molecule has 0 N–H and O–H groups in total. The van der Waals surface area contributed by atoms with E-state index in [0.29, 0.717) is 0 Å². The van der Waals surface area contributed by atoms with Crippen LogP contribution in [0.15, 0.2) is 0 Å². The normalized spacial score (nSPS) is 11.1. The predicted molar refractivity (Wildman–Crippen MR) is 57.9 cm³/mol.